The Labute approximate surface area is 162 Å². The monoisotopic (exact) mass is 399 g/mol. The minimum Gasteiger partial charge on any atom is -0.268 e. The Morgan fingerprint density at radius 1 is 1.04 bits per heavy atom. The highest BCUT2D eigenvalue weighted by Crippen LogP contribution is 2.25. The Balaban J connectivity index is 1.60. The van der Waals surface area contributed by atoms with Gasteiger partial charge in [0.1, 0.15) is 12.1 Å². The molecule has 0 spiro atoms. The summed E-state index contributed by atoms with van der Waals surface area (Å²) in [5, 5.41) is 7.58. The first-order valence-electron chi connectivity index (χ1n) is 8.12. The summed E-state index contributed by atoms with van der Waals surface area (Å²) in [6, 6.07) is 13.9. The van der Waals surface area contributed by atoms with Gasteiger partial charge in [-0.25, -0.2) is 19.0 Å². The normalized spacial score (nSPS) is 11.1. The van der Waals surface area contributed by atoms with Crippen LogP contribution in [0.15, 0.2) is 69.7 Å². The van der Waals surface area contributed by atoms with E-state index in [0.717, 1.165) is 0 Å². The zero-order valence-electron chi connectivity index (χ0n) is 14.0. The molecule has 2 heterocycles. The van der Waals surface area contributed by atoms with Crippen molar-refractivity contribution in [2.24, 2.45) is 0 Å². The third-order valence-corrected chi connectivity index (χ3v) is 6.02. The zero-order valence-corrected chi connectivity index (χ0v) is 15.6. The molecule has 27 heavy (non-hydrogen) atoms. The van der Waals surface area contributed by atoms with Gasteiger partial charge in [0, 0.05) is 16.4 Å². The van der Waals surface area contributed by atoms with Gasteiger partial charge in [0.2, 0.25) is 5.95 Å². The smallest absolute Gasteiger partial charge is 0.268 e. The minimum absolute atomic E-state index is 0.207. The van der Waals surface area contributed by atoms with E-state index >= 15 is 0 Å². The summed E-state index contributed by atoms with van der Waals surface area (Å²) in [4.78, 5) is 22.2. The van der Waals surface area contributed by atoms with E-state index in [-0.39, 0.29) is 11.4 Å². The molecule has 136 valence electrons. The molecule has 0 radical (unpaired) electrons. The van der Waals surface area contributed by atoms with E-state index in [1.165, 1.54) is 40.5 Å². The van der Waals surface area contributed by atoms with E-state index in [9.17, 15) is 9.18 Å². The third kappa shape index (κ3) is 3.74. The Kier molecular flexibility index (Phi) is 5.21. The van der Waals surface area contributed by atoms with Crippen LogP contribution in [-0.4, -0.2) is 36.2 Å². The van der Waals surface area contributed by atoms with E-state index < -0.39 is 0 Å². The number of aromatic nitrogens is 5. The summed E-state index contributed by atoms with van der Waals surface area (Å²) >= 11 is 2.85. The lowest BCUT2D eigenvalue weighted by molar-refractivity contribution is 0.602. The molecular weight excluding hydrogens is 385 g/mol. The molecule has 6 nitrogen and oxygen atoms in total. The predicted octanol–water partition coefficient (Wildman–Crippen LogP) is 3.53. The van der Waals surface area contributed by atoms with E-state index in [1.54, 1.807) is 30.3 Å². The third-order valence-electron chi connectivity index (χ3n) is 3.77. The average molecular weight is 399 g/mol. The standard InChI is InChI=1S/C18H14FN5OS2/c19-13-6-2-4-8-15(13)26-9-10-27-18-22-14-7-3-1-5-12(14)16(25)24(18)17-20-11-21-23-17/h1-8,11H,9-10H2,(H,20,21,23). The molecule has 0 saturated carbocycles. The maximum absolute atomic E-state index is 13.7. The number of nitrogens with zero attached hydrogens (tertiary/aromatic N) is 4. The topological polar surface area (TPSA) is 76.5 Å². The van der Waals surface area contributed by atoms with Gasteiger partial charge in [-0.05, 0) is 24.3 Å². The van der Waals surface area contributed by atoms with Crippen LogP contribution in [0.2, 0.25) is 0 Å². The van der Waals surface area contributed by atoms with Crippen molar-refractivity contribution in [3.05, 3.63) is 71.0 Å². The highest BCUT2D eigenvalue weighted by Gasteiger charge is 2.15. The summed E-state index contributed by atoms with van der Waals surface area (Å²) in [6.07, 6.45) is 1.35. The van der Waals surface area contributed by atoms with Gasteiger partial charge in [0.15, 0.2) is 5.16 Å². The number of rotatable bonds is 6. The molecule has 0 fully saturated rings. The summed E-state index contributed by atoms with van der Waals surface area (Å²) in [6.45, 7) is 0. The number of fused-ring (bicyclic) bond motifs is 1. The Morgan fingerprint density at radius 2 is 1.81 bits per heavy atom. The molecule has 4 aromatic rings. The molecule has 0 saturated heterocycles. The number of halogens is 1. The van der Waals surface area contributed by atoms with Gasteiger partial charge in [-0.1, -0.05) is 36.0 Å². The maximum Gasteiger partial charge on any atom is 0.269 e. The average Bonchev–Trinajstić information content (AvgIpc) is 3.21. The van der Waals surface area contributed by atoms with Gasteiger partial charge < -0.3 is 0 Å². The quantitative estimate of drug-likeness (QED) is 0.304. The van der Waals surface area contributed by atoms with E-state index in [2.05, 4.69) is 20.2 Å². The first-order chi connectivity index (χ1) is 13.2. The van der Waals surface area contributed by atoms with Crippen molar-refractivity contribution in [2.45, 2.75) is 10.1 Å². The van der Waals surface area contributed by atoms with Crippen LogP contribution in [0.5, 0.6) is 0 Å². The number of hydrogen-bond donors (Lipinski definition) is 1. The van der Waals surface area contributed by atoms with E-state index in [0.29, 0.717) is 38.4 Å². The molecule has 0 aliphatic heterocycles. The molecule has 0 unspecified atom stereocenters. The highest BCUT2D eigenvalue weighted by molar-refractivity contribution is 8.02. The fourth-order valence-electron chi connectivity index (χ4n) is 2.55. The Bertz CT molecular complexity index is 1130. The fourth-order valence-corrected chi connectivity index (χ4v) is 4.46. The molecule has 0 bridgehead atoms. The number of benzene rings is 2. The molecule has 0 aliphatic carbocycles. The molecular formula is C18H14FN5OS2. The molecule has 2 aromatic carbocycles. The molecule has 0 atom stereocenters. The molecule has 9 heteroatoms. The number of thioether (sulfide) groups is 2. The van der Waals surface area contributed by atoms with Crippen LogP contribution < -0.4 is 5.56 Å². The van der Waals surface area contributed by atoms with Crippen molar-refractivity contribution in [2.75, 3.05) is 11.5 Å². The Morgan fingerprint density at radius 3 is 2.63 bits per heavy atom. The number of hydrogen-bond acceptors (Lipinski definition) is 6. The van der Waals surface area contributed by atoms with Crippen LogP contribution in [0, 0.1) is 5.82 Å². The highest BCUT2D eigenvalue weighted by atomic mass is 32.2. The SMILES string of the molecule is O=c1c2ccccc2nc(SCCSc2ccccc2F)n1-c1ncn[nH]1. The fraction of sp³-hybridized carbons (Fsp3) is 0.111. The van der Waals surface area contributed by atoms with Crippen LogP contribution in [0.3, 0.4) is 0 Å². The van der Waals surface area contributed by atoms with Gasteiger partial charge in [-0.2, -0.15) is 10.1 Å². The second-order valence-electron chi connectivity index (χ2n) is 5.49. The van der Waals surface area contributed by atoms with Gasteiger partial charge in [-0.15, -0.1) is 11.8 Å². The predicted molar refractivity (Wildman–Crippen MR) is 105 cm³/mol. The van der Waals surface area contributed by atoms with Crippen molar-refractivity contribution >= 4 is 34.4 Å². The summed E-state index contributed by atoms with van der Waals surface area (Å²) in [5.74, 6) is 1.42. The van der Waals surface area contributed by atoms with Crippen molar-refractivity contribution in [3.63, 3.8) is 0 Å². The van der Waals surface area contributed by atoms with Crippen LogP contribution in [-0.2, 0) is 0 Å². The lowest BCUT2D eigenvalue weighted by Gasteiger charge is -2.10. The number of nitrogens with one attached hydrogen (secondary N) is 1. The van der Waals surface area contributed by atoms with Gasteiger partial charge in [-0.3, -0.25) is 4.79 Å². The maximum atomic E-state index is 13.7. The van der Waals surface area contributed by atoms with Crippen molar-refractivity contribution in [1.82, 2.24) is 24.7 Å². The first kappa shape index (κ1) is 17.7. The largest absolute Gasteiger partial charge is 0.269 e. The molecule has 0 aliphatic rings. The number of aromatic amines is 1. The van der Waals surface area contributed by atoms with E-state index in [1.807, 2.05) is 12.1 Å². The number of para-hydroxylation sites is 1. The molecule has 1 N–H and O–H groups in total. The van der Waals surface area contributed by atoms with Gasteiger partial charge in [0.05, 0.1) is 10.9 Å². The van der Waals surface area contributed by atoms with Crippen LogP contribution in [0.25, 0.3) is 16.9 Å². The van der Waals surface area contributed by atoms with Gasteiger partial charge in [0.25, 0.3) is 5.56 Å². The second-order valence-corrected chi connectivity index (χ2v) is 7.69. The van der Waals surface area contributed by atoms with Crippen LogP contribution in [0.4, 0.5) is 4.39 Å². The van der Waals surface area contributed by atoms with Crippen LogP contribution >= 0.6 is 23.5 Å². The molecule has 4 rings (SSSR count). The van der Waals surface area contributed by atoms with Crippen molar-refractivity contribution in [3.8, 4) is 5.95 Å². The lowest BCUT2D eigenvalue weighted by atomic mass is 10.2. The van der Waals surface area contributed by atoms with Gasteiger partial charge >= 0.3 is 0 Å². The Hall–Kier alpha value is -2.65. The second kappa shape index (κ2) is 7.93. The summed E-state index contributed by atoms with van der Waals surface area (Å²) in [5.41, 5.74) is 0.420. The summed E-state index contributed by atoms with van der Waals surface area (Å²) in [7, 11) is 0. The van der Waals surface area contributed by atoms with Crippen molar-refractivity contribution < 1.29 is 4.39 Å². The minimum atomic E-state index is -0.227. The van der Waals surface area contributed by atoms with Crippen LogP contribution in [0.1, 0.15) is 0 Å². The summed E-state index contributed by atoms with van der Waals surface area (Å²) < 4.78 is 15.1. The zero-order chi connectivity index (χ0) is 18.6. The lowest BCUT2D eigenvalue weighted by Crippen LogP contribution is -2.23. The van der Waals surface area contributed by atoms with E-state index in [4.69, 9.17) is 0 Å². The molecule has 0 amide bonds. The number of H-pyrrole nitrogens is 1. The van der Waals surface area contributed by atoms with Crippen molar-refractivity contribution in [1.29, 1.82) is 0 Å². The first-order valence-corrected chi connectivity index (χ1v) is 10.1. The molecule has 2 aromatic heterocycles.